The van der Waals surface area contributed by atoms with E-state index in [4.69, 9.17) is 9.47 Å². The number of aryl methyl sites for hydroxylation is 1. The minimum Gasteiger partial charge on any atom is -0.481 e. The zero-order valence-corrected chi connectivity index (χ0v) is 14.3. The van der Waals surface area contributed by atoms with E-state index in [1.165, 1.54) is 0 Å². The van der Waals surface area contributed by atoms with E-state index in [0.29, 0.717) is 6.61 Å². The topological polar surface area (TPSA) is 76.1 Å². The molecule has 5 aliphatic rings. The van der Waals surface area contributed by atoms with Gasteiger partial charge in [-0.2, -0.15) is 0 Å². The van der Waals surface area contributed by atoms with Gasteiger partial charge in [0.25, 0.3) is 0 Å². The van der Waals surface area contributed by atoms with Crippen molar-refractivity contribution in [2.24, 2.45) is 17.8 Å². The molecule has 1 N–H and O–H groups in total. The number of benzene rings is 1. The van der Waals surface area contributed by atoms with Crippen LogP contribution in [-0.4, -0.2) is 41.3 Å². The monoisotopic (exact) mass is 353 g/mol. The van der Waals surface area contributed by atoms with Crippen molar-refractivity contribution < 1.29 is 24.2 Å². The van der Waals surface area contributed by atoms with Gasteiger partial charge in [-0.15, -0.1) is 0 Å². The third-order valence-electron chi connectivity index (χ3n) is 6.91. The third-order valence-corrected chi connectivity index (χ3v) is 6.91. The first-order valence-electron chi connectivity index (χ1n) is 9.18. The van der Waals surface area contributed by atoms with Crippen LogP contribution in [0.3, 0.4) is 0 Å². The largest absolute Gasteiger partial charge is 0.481 e. The van der Waals surface area contributed by atoms with Crippen molar-refractivity contribution in [3.63, 3.8) is 0 Å². The van der Waals surface area contributed by atoms with Gasteiger partial charge in [0.2, 0.25) is 5.91 Å². The maximum atomic E-state index is 13.5. The van der Waals surface area contributed by atoms with E-state index in [9.17, 15) is 14.7 Å². The molecule has 3 saturated heterocycles. The first-order chi connectivity index (χ1) is 12.5. The van der Waals surface area contributed by atoms with Gasteiger partial charge in [0.05, 0.1) is 24.2 Å². The predicted octanol–water partition coefficient (Wildman–Crippen LogP) is 1.83. The average molecular weight is 353 g/mol. The number of fused-ring (bicyclic) bond motifs is 7. The Bertz CT molecular complexity index is 894. The molecule has 134 valence electrons. The van der Waals surface area contributed by atoms with Crippen LogP contribution in [0, 0.1) is 24.7 Å². The Balaban J connectivity index is 1.59. The highest BCUT2D eigenvalue weighted by atomic mass is 16.5. The number of aliphatic carboxylic acids is 1. The summed E-state index contributed by atoms with van der Waals surface area (Å²) in [6, 6.07) is 5.86. The van der Waals surface area contributed by atoms with Gasteiger partial charge < -0.3 is 19.5 Å². The van der Waals surface area contributed by atoms with Crippen LogP contribution in [0.15, 0.2) is 30.4 Å². The Morgan fingerprint density at radius 3 is 3.04 bits per heavy atom. The minimum absolute atomic E-state index is 0.0630. The lowest BCUT2D eigenvalue weighted by atomic mass is 9.70. The van der Waals surface area contributed by atoms with Crippen molar-refractivity contribution >= 4 is 17.6 Å². The second-order valence-electron chi connectivity index (χ2n) is 8.10. The summed E-state index contributed by atoms with van der Waals surface area (Å²) >= 11 is 0. The molecule has 26 heavy (non-hydrogen) atoms. The second kappa shape index (κ2) is 4.56. The highest BCUT2D eigenvalue weighted by Gasteiger charge is 2.74. The molecule has 5 aliphatic heterocycles. The number of nitrogens with zero attached hydrogens (tertiary/aromatic N) is 1. The van der Waals surface area contributed by atoms with Crippen LogP contribution in [-0.2, 0) is 19.1 Å². The lowest BCUT2D eigenvalue weighted by Crippen LogP contribution is -2.53. The number of ether oxygens (including phenoxy) is 2. The summed E-state index contributed by atoms with van der Waals surface area (Å²) in [5.74, 6) is -2.43. The van der Waals surface area contributed by atoms with Crippen LogP contribution >= 0.6 is 0 Å². The molecule has 2 bridgehead atoms. The molecular formula is C20H19NO5. The number of carboxylic acid groups (broad SMARTS) is 1. The van der Waals surface area contributed by atoms with E-state index in [0.717, 1.165) is 23.2 Å². The molecule has 1 aromatic rings. The molecule has 1 spiro atoms. The number of hydrogen-bond donors (Lipinski definition) is 1. The summed E-state index contributed by atoms with van der Waals surface area (Å²) in [7, 11) is 0. The summed E-state index contributed by atoms with van der Waals surface area (Å²) in [5, 5.41) is 9.74. The van der Waals surface area contributed by atoms with Crippen LogP contribution in [0.5, 0.6) is 0 Å². The molecule has 0 unspecified atom stereocenters. The molecule has 0 aromatic heterocycles. The Morgan fingerprint density at radius 1 is 1.38 bits per heavy atom. The van der Waals surface area contributed by atoms with Crippen molar-refractivity contribution in [1.29, 1.82) is 0 Å². The highest BCUT2D eigenvalue weighted by Crippen LogP contribution is 2.62. The maximum Gasteiger partial charge on any atom is 0.310 e. The van der Waals surface area contributed by atoms with E-state index >= 15 is 0 Å². The van der Waals surface area contributed by atoms with Crippen LogP contribution in [0.2, 0.25) is 0 Å². The predicted molar refractivity (Wildman–Crippen MR) is 90.6 cm³/mol. The zero-order valence-electron chi connectivity index (χ0n) is 14.3. The zero-order chi connectivity index (χ0) is 17.8. The van der Waals surface area contributed by atoms with Crippen LogP contribution in [0.1, 0.15) is 23.7 Å². The lowest BCUT2D eigenvalue weighted by molar-refractivity contribution is -0.146. The molecular weight excluding hydrogens is 334 g/mol. The van der Waals surface area contributed by atoms with Crippen LogP contribution in [0.25, 0.3) is 0 Å². The van der Waals surface area contributed by atoms with E-state index < -0.39 is 29.5 Å². The fraction of sp³-hybridized carbons (Fsp3) is 0.500. The third kappa shape index (κ3) is 1.48. The van der Waals surface area contributed by atoms with Gasteiger partial charge in [-0.3, -0.25) is 9.59 Å². The number of hydrogen-bond acceptors (Lipinski definition) is 4. The molecule has 3 fully saturated rings. The van der Waals surface area contributed by atoms with Crippen molar-refractivity contribution in [2.75, 3.05) is 11.5 Å². The molecule has 1 aromatic carbocycles. The first-order valence-corrected chi connectivity index (χ1v) is 9.18. The van der Waals surface area contributed by atoms with Gasteiger partial charge >= 0.3 is 5.97 Å². The second-order valence-corrected chi connectivity index (χ2v) is 8.10. The van der Waals surface area contributed by atoms with E-state index in [2.05, 4.69) is 6.07 Å². The Kier molecular flexibility index (Phi) is 2.62. The molecule has 6 heteroatoms. The lowest BCUT2D eigenvalue weighted by Gasteiger charge is -2.44. The molecule has 1 amide bonds. The van der Waals surface area contributed by atoms with Crippen molar-refractivity contribution in [2.45, 2.75) is 37.2 Å². The Morgan fingerprint density at radius 2 is 2.23 bits per heavy atom. The fourth-order valence-corrected chi connectivity index (χ4v) is 6.04. The van der Waals surface area contributed by atoms with Gasteiger partial charge in [-0.05, 0) is 19.4 Å². The Hall–Kier alpha value is -2.18. The maximum absolute atomic E-state index is 13.5. The number of carboxylic acids is 1. The molecule has 7 atom stereocenters. The highest BCUT2D eigenvalue weighted by molar-refractivity contribution is 6.04. The van der Waals surface area contributed by atoms with Crippen molar-refractivity contribution in [3.8, 4) is 0 Å². The first kappa shape index (κ1) is 14.9. The quantitative estimate of drug-likeness (QED) is 0.780. The Labute approximate surface area is 150 Å². The SMILES string of the molecule is Cc1ccc2c(c1)[C@H]1OCC[C@H]1[C@H]1N2C(=O)[C@@H]2[C@H](C(=O)O)[C@H]3C=C[C@]21O3. The van der Waals surface area contributed by atoms with Gasteiger partial charge in [0.15, 0.2) is 0 Å². The van der Waals surface area contributed by atoms with E-state index in [-0.39, 0.29) is 24.0 Å². The van der Waals surface area contributed by atoms with Crippen molar-refractivity contribution in [1.82, 2.24) is 0 Å². The standard InChI is InChI=1S/C20H19NO5/c1-9-2-3-12-11(8-9)16-10(5-7-25-16)17-20-6-4-13(26-20)14(19(23)24)15(20)18(22)21(12)17/h2-4,6,8,10,13-17H,5,7H2,1H3,(H,23,24)/t10-,13-,14-,15+,16+,17-,20+/m1/s1. The molecule has 0 aliphatic carbocycles. The summed E-state index contributed by atoms with van der Waals surface area (Å²) in [4.78, 5) is 27.2. The number of rotatable bonds is 1. The minimum atomic E-state index is -0.956. The summed E-state index contributed by atoms with van der Waals surface area (Å²) in [6.45, 7) is 2.68. The van der Waals surface area contributed by atoms with Gasteiger partial charge in [0, 0.05) is 23.8 Å². The van der Waals surface area contributed by atoms with E-state index in [1.807, 2.05) is 36.1 Å². The fourth-order valence-electron chi connectivity index (χ4n) is 6.04. The van der Waals surface area contributed by atoms with Crippen LogP contribution < -0.4 is 4.90 Å². The summed E-state index contributed by atoms with van der Waals surface area (Å²) in [5.41, 5.74) is 2.17. The normalized spacial score (nSPS) is 44.0. The van der Waals surface area contributed by atoms with Gasteiger partial charge in [-0.1, -0.05) is 29.8 Å². The van der Waals surface area contributed by atoms with Gasteiger partial charge in [0.1, 0.15) is 11.5 Å². The molecule has 5 heterocycles. The van der Waals surface area contributed by atoms with Crippen molar-refractivity contribution in [3.05, 3.63) is 41.5 Å². The van der Waals surface area contributed by atoms with E-state index in [1.54, 1.807) is 0 Å². The molecule has 0 saturated carbocycles. The number of carbonyl (C=O) groups excluding carboxylic acids is 1. The molecule has 6 rings (SSSR count). The van der Waals surface area contributed by atoms with Gasteiger partial charge in [-0.25, -0.2) is 0 Å². The number of carbonyl (C=O) groups is 2. The van der Waals surface area contributed by atoms with Crippen LogP contribution in [0.4, 0.5) is 5.69 Å². The number of anilines is 1. The summed E-state index contributed by atoms with van der Waals surface area (Å²) < 4.78 is 12.3. The molecule has 0 radical (unpaired) electrons. The smallest absolute Gasteiger partial charge is 0.310 e. The number of amides is 1. The molecule has 6 nitrogen and oxygen atoms in total. The summed E-state index contributed by atoms with van der Waals surface area (Å²) in [6.07, 6.45) is 4.07. The average Bonchev–Trinajstić information content (AvgIpc) is 3.35.